The van der Waals surface area contributed by atoms with Crippen molar-refractivity contribution in [2.75, 3.05) is 7.11 Å². The number of hydrogen-bond acceptors (Lipinski definition) is 1. The van der Waals surface area contributed by atoms with Gasteiger partial charge in [-0.2, -0.15) is 0 Å². The van der Waals surface area contributed by atoms with Crippen molar-refractivity contribution in [1.29, 1.82) is 0 Å². The summed E-state index contributed by atoms with van der Waals surface area (Å²) in [6, 6.07) is 7.94. The van der Waals surface area contributed by atoms with E-state index in [2.05, 4.69) is 31.1 Å². The second kappa shape index (κ2) is 5.57. The molecule has 0 radical (unpaired) electrons. The van der Waals surface area contributed by atoms with E-state index in [9.17, 15) is 0 Å². The molecule has 0 amide bonds. The van der Waals surface area contributed by atoms with E-state index in [0.717, 1.165) is 11.3 Å². The first-order valence-corrected chi connectivity index (χ1v) is 8.84. The number of allylic oxidation sites excluding steroid dienone is 1. The summed E-state index contributed by atoms with van der Waals surface area (Å²) in [6.45, 7) is 6.71. The van der Waals surface area contributed by atoms with Crippen LogP contribution in [0.1, 0.15) is 5.56 Å². The molecule has 1 rings (SSSR count). The Morgan fingerprint density at radius 2 is 1.75 bits per heavy atom. The largest absolute Gasteiger partial charge is 0.497 e. The zero-order chi connectivity index (χ0) is 12.0. The molecule has 0 aliphatic rings. The molecule has 0 bridgehead atoms. The van der Waals surface area contributed by atoms with Crippen molar-refractivity contribution < 1.29 is 4.74 Å². The van der Waals surface area contributed by atoms with Gasteiger partial charge in [0, 0.05) is 0 Å². The quantitative estimate of drug-likeness (QED) is 0.557. The Kier molecular flexibility index (Phi) is 4.39. The Hall–Kier alpha value is -1.46. The Bertz CT molecular complexity index is 413. The fraction of sp³-hybridized carbons (Fsp3) is 0.286. The van der Waals surface area contributed by atoms with E-state index in [1.807, 2.05) is 36.4 Å². The van der Waals surface area contributed by atoms with Crippen LogP contribution < -0.4 is 4.74 Å². The van der Waals surface area contributed by atoms with E-state index in [0.29, 0.717) is 0 Å². The normalized spacial score (nSPS) is 11.0. The first kappa shape index (κ1) is 12.6. The number of benzene rings is 1. The molecule has 0 heterocycles. The van der Waals surface area contributed by atoms with Gasteiger partial charge in [0.1, 0.15) is 13.8 Å². The Labute approximate surface area is 99.2 Å². The minimum absolute atomic E-state index is 0.880. The summed E-state index contributed by atoms with van der Waals surface area (Å²) in [5.74, 6) is 3.98. The zero-order valence-electron chi connectivity index (χ0n) is 10.4. The molecule has 0 aliphatic heterocycles. The van der Waals surface area contributed by atoms with Gasteiger partial charge in [-0.1, -0.05) is 37.7 Å². The Morgan fingerprint density at radius 3 is 2.25 bits per heavy atom. The van der Waals surface area contributed by atoms with E-state index in [1.54, 1.807) is 7.11 Å². The van der Waals surface area contributed by atoms with Crippen LogP contribution in [0.2, 0.25) is 19.6 Å². The number of rotatable bonds is 2. The molecule has 1 nitrogen and oxygen atoms in total. The minimum Gasteiger partial charge on any atom is -0.497 e. The third kappa shape index (κ3) is 4.86. The van der Waals surface area contributed by atoms with Gasteiger partial charge in [-0.3, -0.25) is 0 Å². The van der Waals surface area contributed by atoms with Crippen LogP contribution in [0.5, 0.6) is 5.75 Å². The molecule has 0 N–H and O–H groups in total. The van der Waals surface area contributed by atoms with Gasteiger partial charge in [-0.05, 0) is 29.8 Å². The van der Waals surface area contributed by atoms with Gasteiger partial charge in [0.15, 0.2) is 0 Å². The highest BCUT2D eigenvalue weighted by Gasteiger charge is 2.06. The summed E-state index contributed by atoms with van der Waals surface area (Å²) in [5.41, 5.74) is 4.44. The number of ether oxygens (including phenoxy) is 1. The molecule has 0 aliphatic carbocycles. The molecule has 16 heavy (non-hydrogen) atoms. The maximum absolute atomic E-state index is 5.09. The van der Waals surface area contributed by atoms with Crippen molar-refractivity contribution in [3.8, 4) is 17.2 Å². The topological polar surface area (TPSA) is 9.23 Å². The fourth-order valence-electron chi connectivity index (χ4n) is 1.11. The first-order chi connectivity index (χ1) is 7.51. The minimum atomic E-state index is -1.24. The standard InChI is InChI=1S/C14H18OSi/c1-15-14-10-8-13(9-11-14)7-5-6-12-16(2,3)4/h5,7-11H,1-4H3. The molecule has 0 unspecified atom stereocenters. The third-order valence-corrected chi connectivity index (χ3v) is 2.82. The molecule has 0 saturated carbocycles. The van der Waals surface area contributed by atoms with E-state index >= 15 is 0 Å². The molecule has 0 saturated heterocycles. The highest BCUT2D eigenvalue weighted by atomic mass is 28.3. The van der Waals surface area contributed by atoms with Crippen LogP contribution in [0.4, 0.5) is 0 Å². The van der Waals surface area contributed by atoms with Crippen LogP contribution in [-0.4, -0.2) is 15.2 Å². The van der Waals surface area contributed by atoms with E-state index in [-0.39, 0.29) is 0 Å². The third-order valence-electron chi connectivity index (χ3n) is 1.92. The van der Waals surface area contributed by atoms with Gasteiger partial charge in [-0.25, -0.2) is 0 Å². The van der Waals surface area contributed by atoms with Crippen LogP contribution >= 0.6 is 0 Å². The monoisotopic (exact) mass is 230 g/mol. The molecule has 2 heteroatoms. The second-order valence-corrected chi connectivity index (χ2v) is 9.38. The number of methoxy groups -OCH3 is 1. The summed E-state index contributed by atoms with van der Waals surface area (Å²) in [4.78, 5) is 0. The molecule has 84 valence electrons. The lowest BCUT2D eigenvalue weighted by molar-refractivity contribution is 0.415. The predicted octanol–water partition coefficient (Wildman–Crippen LogP) is 3.59. The van der Waals surface area contributed by atoms with Crippen molar-refractivity contribution in [1.82, 2.24) is 0 Å². The van der Waals surface area contributed by atoms with Crippen LogP contribution in [0.25, 0.3) is 6.08 Å². The van der Waals surface area contributed by atoms with E-state index < -0.39 is 8.07 Å². The molecular formula is C14H18OSi. The van der Waals surface area contributed by atoms with Gasteiger partial charge in [0.05, 0.1) is 7.11 Å². The van der Waals surface area contributed by atoms with Gasteiger partial charge >= 0.3 is 0 Å². The molecule has 0 atom stereocenters. The van der Waals surface area contributed by atoms with Crippen LogP contribution in [0, 0.1) is 11.5 Å². The van der Waals surface area contributed by atoms with Crippen molar-refractivity contribution in [2.24, 2.45) is 0 Å². The van der Waals surface area contributed by atoms with Crippen molar-refractivity contribution in [3.05, 3.63) is 35.9 Å². The van der Waals surface area contributed by atoms with Gasteiger partial charge in [0.25, 0.3) is 0 Å². The van der Waals surface area contributed by atoms with E-state index in [1.165, 1.54) is 0 Å². The van der Waals surface area contributed by atoms with Crippen molar-refractivity contribution >= 4 is 14.1 Å². The number of hydrogen-bond donors (Lipinski definition) is 0. The average Bonchev–Trinajstić information content (AvgIpc) is 2.24. The summed E-state index contributed by atoms with van der Waals surface area (Å²) < 4.78 is 5.09. The molecule has 0 aromatic heterocycles. The lowest BCUT2D eigenvalue weighted by Crippen LogP contribution is -2.16. The lowest BCUT2D eigenvalue weighted by Gasteiger charge is -2.02. The van der Waals surface area contributed by atoms with Gasteiger partial charge < -0.3 is 4.74 Å². The van der Waals surface area contributed by atoms with Crippen LogP contribution in [0.3, 0.4) is 0 Å². The Balaban J connectivity index is 2.65. The predicted molar refractivity (Wildman–Crippen MR) is 73.2 cm³/mol. The highest BCUT2D eigenvalue weighted by Crippen LogP contribution is 2.11. The van der Waals surface area contributed by atoms with Gasteiger partial charge in [0.2, 0.25) is 0 Å². The molecular weight excluding hydrogens is 212 g/mol. The maximum atomic E-state index is 5.09. The highest BCUT2D eigenvalue weighted by molar-refractivity contribution is 6.83. The molecule has 1 aromatic rings. The summed E-state index contributed by atoms with van der Waals surface area (Å²) >= 11 is 0. The van der Waals surface area contributed by atoms with Crippen molar-refractivity contribution in [2.45, 2.75) is 19.6 Å². The molecule has 1 aromatic carbocycles. The van der Waals surface area contributed by atoms with E-state index in [4.69, 9.17) is 4.74 Å². The molecule has 0 fully saturated rings. The summed E-state index contributed by atoms with van der Waals surface area (Å²) in [6.07, 6.45) is 3.94. The SMILES string of the molecule is COc1ccc(C=CC#C[Si](C)(C)C)cc1. The summed E-state index contributed by atoms with van der Waals surface area (Å²) in [7, 11) is 0.428. The lowest BCUT2D eigenvalue weighted by atomic mass is 10.2. The van der Waals surface area contributed by atoms with Crippen molar-refractivity contribution in [3.63, 3.8) is 0 Å². The smallest absolute Gasteiger partial charge is 0.129 e. The van der Waals surface area contributed by atoms with Gasteiger partial charge in [-0.15, -0.1) is 5.54 Å². The van der Waals surface area contributed by atoms with Crippen LogP contribution in [-0.2, 0) is 0 Å². The first-order valence-electron chi connectivity index (χ1n) is 5.34. The average molecular weight is 230 g/mol. The summed E-state index contributed by atoms with van der Waals surface area (Å²) in [5, 5.41) is 0. The van der Waals surface area contributed by atoms with Crippen LogP contribution in [0.15, 0.2) is 30.3 Å². The fourth-order valence-corrected chi connectivity index (χ4v) is 1.63. The molecule has 0 spiro atoms. The second-order valence-electron chi connectivity index (χ2n) is 4.63. The Morgan fingerprint density at radius 1 is 1.12 bits per heavy atom. The zero-order valence-corrected chi connectivity index (χ0v) is 11.4. The maximum Gasteiger partial charge on any atom is 0.129 e.